The van der Waals surface area contributed by atoms with Crippen LogP contribution < -0.4 is 10.2 Å². The van der Waals surface area contributed by atoms with Gasteiger partial charge in [-0.05, 0) is 30.7 Å². The minimum Gasteiger partial charge on any atom is -0.350 e. The third-order valence-electron chi connectivity index (χ3n) is 4.09. The molecule has 2 atom stereocenters. The molecule has 5 heteroatoms. The normalized spacial score (nSPS) is 19.0. The highest BCUT2D eigenvalue weighted by Gasteiger charge is 2.49. The number of amides is 2. The molecule has 1 fully saturated rings. The van der Waals surface area contributed by atoms with E-state index >= 15 is 0 Å². The summed E-state index contributed by atoms with van der Waals surface area (Å²) in [6, 6.07) is 15.0. The highest BCUT2D eigenvalue weighted by Crippen LogP contribution is 2.40. The van der Waals surface area contributed by atoms with E-state index in [0.29, 0.717) is 13.0 Å². The van der Waals surface area contributed by atoms with Crippen molar-refractivity contribution in [1.82, 2.24) is 10.3 Å². The molecule has 23 heavy (non-hydrogen) atoms. The van der Waals surface area contributed by atoms with Gasteiger partial charge >= 0.3 is 0 Å². The molecular weight excluding hydrogens is 290 g/mol. The van der Waals surface area contributed by atoms with Crippen LogP contribution in [0.1, 0.15) is 12.1 Å². The number of carbonyl (C=O) groups excluding carboxylic acids is 2. The predicted octanol–water partition coefficient (Wildman–Crippen LogP) is 2.00. The van der Waals surface area contributed by atoms with E-state index in [2.05, 4.69) is 10.3 Å². The topological polar surface area (TPSA) is 62.3 Å². The van der Waals surface area contributed by atoms with Crippen LogP contribution >= 0.6 is 0 Å². The van der Waals surface area contributed by atoms with Gasteiger partial charge in [-0.3, -0.25) is 14.6 Å². The van der Waals surface area contributed by atoms with Crippen LogP contribution in [0.3, 0.4) is 0 Å². The second-order valence-electron chi connectivity index (χ2n) is 5.72. The lowest BCUT2D eigenvalue weighted by Crippen LogP contribution is -2.31. The van der Waals surface area contributed by atoms with Gasteiger partial charge in [0.15, 0.2) is 0 Å². The van der Waals surface area contributed by atoms with Gasteiger partial charge in [0, 0.05) is 18.9 Å². The molecule has 5 nitrogen and oxygen atoms in total. The van der Waals surface area contributed by atoms with Gasteiger partial charge in [-0.2, -0.15) is 0 Å². The molecule has 1 saturated carbocycles. The van der Waals surface area contributed by atoms with E-state index in [-0.39, 0.29) is 23.7 Å². The van der Waals surface area contributed by atoms with Crippen LogP contribution in [0.15, 0.2) is 54.7 Å². The van der Waals surface area contributed by atoms with E-state index in [1.165, 1.54) is 0 Å². The average molecular weight is 309 g/mol. The Morgan fingerprint density at radius 1 is 1.13 bits per heavy atom. The first-order valence-electron chi connectivity index (χ1n) is 7.67. The van der Waals surface area contributed by atoms with E-state index in [1.54, 1.807) is 18.1 Å². The molecule has 1 N–H and O–H groups in total. The number of carbonyl (C=O) groups is 2. The second-order valence-corrected chi connectivity index (χ2v) is 5.72. The third kappa shape index (κ3) is 3.56. The SMILES string of the molecule is CN(C(=O)C1CC1C(=O)NCc1ccccn1)c1ccccc1. The number of aromatic nitrogens is 1. The largest absolute Gasteiger partial charge is 0.350 e. The molecule has 118 valence electrons. The van der Waals surface area contributed by atoms with Crippen molar-refractivity contribution in [3.8, 4) is 0 Å². The Morgan fingerprint density at radius 3 is 2.57 bits per heavy atom. The Morgan fingerprint density at radius 2 is 1.87 bits per heavy atom. The number of pyridine rings is 1. The van der Waals surface area contributed by atoms with Crippen LogP contribution in [-0.2, 0) is 16.1 Å². The zero-order valence-electron chi connectivity index (χ0n) is 13.0. The first-order chi connectivity index (χ1) is 11.2. The fraction of sp³-hybridized carbons (Fsp3) is 0.278. The molecular formula is C18H19N3O2. The van der Waals surface area contributed by atoms with Gasteiger partial charge in [0.1, 0.15) is 0 Å². The monoisotopic (exact) mass is 309 g/mol. The number of nitrogens with one attached hydrogen (secondary N) is 1. The lowest BCUT2D eigenvalue weighted by molar-refractivity contribution is -0.126. The number of anilines is 1. The van der Waals surface area contributed by atoms with Crippen LogP contribution in [-0.4, -0.2) is 23.8 Å². The molecule has 0 radical (unpaired) electrons. The second kappa shape index (κ2) is 6.60. The van der Waals surface area contributed by atoms with Gasteiger partial charge in [0.25, 0.3) is 0 Å². The molecule has 1 aliphatic carbocycles. The smallest absolute Gasteiger partial charge is 0.230 e. The highest BCUT2D eigenvalue weighted by atomic mass is 16.2. The van der Waals surface area contributed by atoms with Crippen molar-refractivity contribution in [2.45, 2.75) is 13.0 Å². The van der Waals surface area contributed by atoms with Crippen molar-refractivity contribution in [1.29, 1.82) is 0 Å². The fourth-order valence-corrected chi connectivity index (χ4v) is 2.60. The van der Waals surface area contributed by atoms with E-state index < -0.39 is 0 Å². The van der Waals surface area contributed by atoms with Gasteiger partial charge in [-0.1, -0.05) is 24.3 Å². The molecule has 0 spiro atoms. The van der Waals surface area contributed by atoms with Crippen molar-refractivity contribution in [3.05, 3.63) is 60.4 Å². The van der Waals surface area contributed by atoms with Gasteiger partial charge in [-0.15, -0.1) is 0 Å². The maximum atomic E-state index is 12.4. The summed E-state index contributed by atoms with van der Waals surface area (Å²) in [4.78, 5) is 30.4. The minimum atomic E-state index is -0.225. The summed E-state index contributed by atoms with van der Waals surface area (Å²) in [7, 11) is 1.75. The fourth-order valence-electron chi connectivity index (χ4n) is 2.60. The number of hydrogen-bond acceptors (Lipinski definition) is 3. The third-order valence-corrected chi connectivity index (χ3v) is 4.09. The summed E-state index contributed by atoms with van der Waals surface area (Å²) in [5, 5.41) is 2.85. The number of nitrogens with zero attached hydrogens (tertiary/aromatic N) is 2. The van der Waals surface area contributed by atoms with Gasteiger partial charge in [0.2, 0.25) is 11.8 Å². The molecule has 1 aliphatic rings. The van der Waals surface area contributed by atoms with Crippen molar-refractivity contribution in [2.24, 2.45) is 11.8 Å². The number of hydrogen-bond donors (Lipinski definition) is 1. The van der Waals surface area contributed by atoms with Gasteiger partial charge < -0.3 is 10.2 Å². The van der Waals surface area contributed by atoms with E-state index in [4.69, 9.17) is 0 Å². The summed E-state index contributed by atoms with van der Waals surface area (Å²) in [5.41, 5.74) is 1.66. The summed E-state index contributed by atoms with van der Waals surface area (Å²) in [6.45, 7) is 0.394. The van der Waals surface area contributed by atoms with Gasteiger partial charge in [-0.25, -0.2) is 0 Å². The zero-order chi connectivity index (χ0) is 16.2. The number of rotatable bonds is 5. The average Bonchev–Trinajstić information content (AvgIpc) is 3.41. The molecule has 1 aromatic heterocycles. The Balaban J connectivity index is 1.52. The Labute approximate surface area is 135 Å². The molecule has 0 saturated heterocycles. The molecule has 3 rings (SSSR count). The molecule has 0 bridgehead atoms. The van der Waals surface area contributed by atoms with Crippen molar-refractivity contribution in [3.63, 3.8) is 0 Å². The summed E-state index contributed by atoms with van der Waals surface area (Å²) >= 11 is 0. The number of para-hydroxylation sites is 1. The van der Waals surface area contributed by atoms with Crippen molar-refractivity contribution in [2.75, 3.05) is 11.9 Å². The first kappa shape index (κ1) is 15.2. The Hall–Kier alpha value is -2.69. The zero-order valence-corrected chi connectivity index (χ0v) is 13.0. The van der Waals surface area contributed by atoms with Crippen LogP contribution in [0.25, 0.3) is 0 Å². The molecule has 1 heterocycles. The van der Waals surface area contributed by atoms with Gasteiger partial charge in [0.05, 0.1) is 24.1 Å². The maximum Gasteiger partial charge on any atom is 0.230 e. The van der Waals surface area contributed by atoms with Crippen LogP contribution in [0, 0.1) is 11.8 Å². The summed E-state index contributed by atoms with van der Waals surface area (Å²) < 4.78 is 0. The standard InChI is InChI=1S/C18H19N3O2/c1-21(14-8-3-2-4-9-14)18(23)16-11-15(16)17(22)20-12-13-7-5-6-10-19-13/h2-10,15-16H,11-12H2,1H3,(H,20,22). The lowest BCUT2D eigenvalue weighted by atomic mass is 10.2. The molecule has 2 unspecified atom stereocenters. The molecule has 2 amide bonds. The minimum absolute atomic E-state index is 0.00538. The first-order valence-corrected chi connectivity index (χ1v) is 7.67. The number of benzene rings is 1. The molecule has 1 aromatic carbocycles. The quantitative estimate of drug-likeness (QED) is 0.919. The Bertz CT molecular complexity index is 688. The summed E-state index contributed by atoms with van der Waals surface area (Å²) in [6.07, 6.45) is 2.31. The lowest BCUT2D eigenvalue weighted by Gasteiger charge is -2.17. The van der Waals surface area contributed by atoms with E-state index in [0.717, 1.165) is 11.4 Å². The highest BCUT2D eigenvalue weighted by molar-refractivity contribution is 6.00. The van der Waals surface area contributed by atoms with Crippen molar-refractivity contribution >= 4 is 17.5 Å². The van der Waals surface area contributed by atoms with E-state index in [1.807, 2.05) is 48.5 Å². The molecule has 0 aliphatic heterocycles. The van der Waals surface area contributed by atoms with Crippen LogP contribution in [0.2, 0.25) is 0 Å². The molecule has 2 aromatic rings. The maximum absolute atomic E-state index is 12.4. The van der Waals surface area contributed by atoms with Crippen LogP contribution in [0.5, 0.6) is 0 Å². The predicted molar refractivity (Wildman–Crippen MR) is 87.5 cm³/mol. The summed E-state index contributed by atoms with van der Waals surface area (Å²) in [5.74, 6) is -0.522. The van der Waals surface area contributed by atoms with Crippen LogP contribution in [0.4, 0.5) is 5.69 Å². The Kier molecular flexibility index (Phi) is 4.37. The van der Waals surface area contributed by atoms with Crippen molar-refractivity contribution < 1.29 is 9.59 Å². The van der Waals surface area contributed by atoms with E-state index in [9.17, 15) is 9.59 Å².